The van der Waals surface area contributed by atoms with Crippen LogP contribution in [0.25, 0.3) is 0 Å². The van der Waals surface area contributed by atoms with Crippen molar-refractivity contribution in [3.63, 3.8) is 0 Å². The maximum atomic E-state index is 12.0. The number of carbonyl (C=O) groups is 6. The zero-order chi connectivity index (χ0) is 31.0. The fraction of sp³-hybridized carbons (Fsp3) is 0.750. The molecule has 2 rings (SSSR count). The van der Waals surface area contributed by atoms with E-state index in [0.29, 0.717) is 0 Å². The molecule has 232 valence electrons. The van der Waals surface area contributed by atoms with Gasteiger partial charge in [-0.15, -0.1) is 0 Å². The van der Waals surface area contributed by atoms with Gasteiger partial charge in [-0.25, -0.2) is 0 Å². The molecule has 2 aliphatic rings. The first kappa shape index (κ1) is 33.8. The predicted molar refractivity (Wildman–Crippen MR) is 126 cm³/mol. The van der Waals surface area contributed by atoms with Crippen molar-refractivity contribution in [2.24, 2.45) is 0 Å². The Hall–Kier alpha value is -3.38. The second-order valence-electron chi connectivity index (χ2n) is 9.10. The fourth-order valence-electron chi connectivity index (χ4n) is 4.17. The molecular weight excluding hydrogens is 560 g/mol. The van der Waals surface area contributed by atoms with Crippen LogP contribution in [-0.4, -0.2) is 121 Å². The van der Waals surface area contributed by atoms with E-state index in [-0.39, 0.29) is 0 Å². The summed E-state index contributed by atoms with van der Waals surface area (Å²) in [4.78, 5) is 70.6. The van der Waals surface area contributed by atoms with Crippen LogP contribution in [0.5, 0.6) is 0 Å². The van der Waals surface area contributed by atoms with E-state index in [9.17, 15) is 39.0 Å². The Morgan fingerprint density at radius 2 is 0.976 bits per heavy atom. The van der Waals surface area contributed by atoms with E-state index in [2.05, 4.69) is 0 Å². The van der Waals surface area contributed by atoms with Gasteiger partial charge in [-0.3, -0.25) is 28.8 Å². The first-order chi connectivity index (χ1) is 19.1. The first-order valence-electron chi connectivity index (χ1n) is 12.4. The Kier molecular flexibility index (Phi) is 12.4. The third-order valence-corrected chi connectivity index (χ3v) is 5.63. The zero-order valence-electron chi connectivity index (χ0n) is 23.2. The van der Waals surface area contributed by atoms with Crippen molar-refractivity contribution in [2.45, 2.75) is 103 Å². The summed E-state index contributed by atoms with van der Waals surface area (Å²) in [7, 11) is 0. The van der Waals surface area contributed by atoms with Crippen LogP contribution in [0, 0.1) is 0 Å². The van der Waals surface area contributed by atoms with Crippen LogP contribution in [-0.2, 0) is 71.4 Å². The summed E-state index contributed by atoms with van der Waals surface area (Å²) in [6.45, 7) is 5.14. The van der Waals surface area contributed by atoms with Crippen LogP contribution in [0.1, 0.15) is 41.5 Å². The van der Waals surface area contributed by atoms with Gasteiger partial charge < -0.3 is 52.8 Å². The highest BCUT2D eigenvalue weighted by molar-refractivity contribution is 5.68. The Bertz CT molecular complexity index is 981. The van der Waals surface area contributed by atoms with E-state index in [1.807, 2.05) is 0 Å². The van der Waals surface area contributed by atoms with Crippen LogP contribution in [0.3, 0.4) is 0 Å². The molecule has 10 atom stereocenters. The summed E-state index contributed by atoms with van der Waals surface area (Å²) >= 11 is 0. The van der Waals surface area contributed by atoms with Gasteiger partial charge in [-0.2, -0.15) is 0 Å². The Balaban J connectivity index is 2.57. The van der Waals surface area contributed by atoms with E-state index >= 15 is 0 Å². The molecular formula is C24H34O17. The summed E-state index contributed by atoms with van der Waals surface area (Å²) in [6, 6.07) is 0. The summed E-state index contributed by atoms with van der Waals surface area (Å²) in [5.74, 6) is -5.07. The van der Waals surface area contributed by atoms with Crippen LogP contribution < -0.4 is 0 Å². The molecule has 2 heterocycles. The molecule has 0 radical (unpaired) electrons. The number of carbonyl (C=O) groups excluding carboxylic acids is 6. The molecule has 0 aromatic rings. The van der Waals surface area contributed by atoms with Crippen molar-refractivity contribution in [1.82, 2.24) is 0 Å². The van der Waals surface area contributed by atoms with Gasteiger partial charge in [0, 0.05) is 41.5 Å². The van der Waals surface area contributed by atoms with Gasteiger partial charge in [0.1, 0.15) is 37.6 Å². The SMILES string of the molecule is CC(=O)OC[C@H]1O[C@H](O[C@H]2[C@H](OC(C)=O)[C@@H](OC(C)=O)[C@H](O)O[C@@H]2COC(C)=O)[C@H](OC(C)=O)[C@H](OC(C)=O)[C@H]1O. The fourth-order valence-corrected chi connectivity index (χ4v) is 4.17. The highest BCUT2D eigenvalue weighted by Crippen LogP contribution is 2.33. The average Bonchev–Trinajstić information content (AvgIpc) is 2.83. The third-order valence-electron chi connectivity index (χ3n) is 5.63. The molecule has 2 fully saturated rings. The van der Waals surface area contributed by atoms with Crippen LogP contribution in [0.15, 0.2) is 0 Å². The van der Waals surface area contributed by atoms with Crippen molar-refractivity contribution in [3.05, 3.63) is 0 Å². The normalized spacial score (nSPS) is 33.1. The van der Waals surface area contributed by atoms with Crippen molar-refractivity contribution in [1.29, 1.82) is 0 Å². The van der Waals surface area contributed by atoms with Crippen molar-refractivity contribution in [2.75, 3.05) is 13.2 Å². The highest BCUT2D eigenvalue weighted by atomic mass is 16.8. The highest BCUT2D eigenvalue weighted by Gasteiger charge is 2.56. The number of esters is 6. The molecule has 0 saturated carbocycles. The van der Waals surface area contributed by atoms with Crippen molar-refractivity contribution >= 4 is 35.8 Å². The van der Waals surface area contributed by atoms with Crippen molar-refractivity contribution < 1.29 is 81.6 Å². The Morgan fingerprint density at radius 1 is 0.537 bits per heavy atom. The molecule has 0 bridgehead atoms. The molecule has 0 spiro atoms. The molecule has 17 nitrogen and oxygen atoms in total. The van der Waals surface area contributed by atoms with Crippen molar-refractivity contribution in [3.8, 4) is 0 Å². The van der Waals surface area contributed by atoms with Crippen LogP contribution in [0.4, 0.5) is 0 Å². The van der Waals surface area contributed by atoms with E-state index in [1.54, 1.807) is 0 Å². The van der Waals surface area contributed by atoms with Crippen LogP contribution >= 0.6 is 0 Å². The molecule has 0 amide bonds. The number of hydrogen-bond donors (Lipinski definition) is 2. The number of ether oxygens (including phenoxy) is 9. The molecule has 2 N–H and O–H groups in total. The molecule has 2 aliphatic heterocycles. The summed E-state index contributed by atoms with van der Waals surface area (Å²) in [6.07, 6.45) is -16.3. The predicted octanol–water partition coefficient (Wildman–Crippen LogP) is -1.97. The monoisotopic (exact) mass is 594 g/mol. The largest absolute Gasteiger partial charge is 0.463 e. The molecule has 2 saturated heterocycles. The van der Waals surface area contributed by atoms with Gasteiger partial charge in [-0.1, -0.05) is 0 Å². The average molecular weight is 595 g/mol. The molecule has 0 aromatic carbocycles. The van der Waals surface area contributed by atoms with Gasteiger partial charge in [-0.05, 0) is 0 Å². The summed E-state index contributed by atoms with van der Waals surface area (Å²) < 4.78 is 48.0. The topological polar surface area (TPSA) is 226 Å². The quantitative estimate of drug-likeness (QED) is 0.206. The van der Waals surface area contributed by atoms with E-state index in [1.165, 1.54) is 0 Å². The van der Waals surface area contributed by atoms with Gasteiger partial charge in [0.05, 0.1) is 0 Å². The number of hydrogen-bond acceptors (Lipinski definition) is 17. The van der Waals surface area contributed by atoms with E-state index in [0.717, 1.165) is 41.5 Å². The minimum Gasteiger partial charge on any atom is -0.463 e. The van der Waals surface area contributed by atoms with E-state index < -0.39 is 110 Å². The van der Waals surface area contributed by atoms with E-state index in [4.69, 9.17) is 42.6 Å². The van der Waals surface area contributed by atoms with Gasteiger partial charge in [0.25, 0.3) is 0 Å². The third kappa shape index (κ3) is 9.89. The Labute approximate surface area is 234 Å². The number of rotatable bonds is 10. The number of aliphatic hydroxyl groups excluding tert-OH is 2. The molecule has 17 heteroatoms. The molecule has 41 heavy (non-hydrogen) atoms. The maximum Gasteiger partial charge on any atom is 0.303 e. The minimum atomic E-state index is -1.88. The standard InChI is InChI=1S/C24H34O17/c1-9(25)33-7-15-17(31)19(35-11(3)27)22(38-14(6)30)24(40-15)41-18-16(8-34-10(2)26)39-23(32)21(37-13(5)29)20(18)36-12(4)28/h15-24,31-32H,7-8H2,1-6H3/t15-,16-,17+,18-,19-,20+,21-,22-,23-,24-/m1/s1. The lowest BCUT2D eigenvalue weighted by Crippen LogP contribution is -2.66. The first-order valence-corrected chi connectivity index (χ1v) is 12.4. The lowest BCUT2D eigenvalue weighted by atomic mass is 9.96. The minimum absolute atomic E-state index is 0.554. The Morgan fingerprint density at radius 3 is 1.46 bits per heavy atom. The zero-order valence-corrected chi connectivity index (χ0v) is 23.2. The van der Waals surface area contributed by atoms with Gasteiger partial charge >= 0.3 is 35.8 Å². The van der Waals surface area contributed by atoms with Gasteiger partial charge in [0.15, 0.2) is 37.0 Å². The molecule has 0 unspecified atom stereocenters. The lowest BCUT2D eigenvalue weighted by Gasteiger charge is -2.47. The summed E-state index contributed by atoms with van der Waals surface area (Å²) in [5.41, 5.74) is 0. The van der Waals surface area contributed by atoms with Crippen LogP contribution in [0.2, 0.25) is 0 Å². The second-order valence-corrected chi connectivity index (χ2v) is 9.10. The maximum absolute atomic E-state index is 12.0. The smallest absolute Gasteiger partial charge is 0.303 e. The summed E-state index contributed by atoms with van der Waals surface area (Å²) in [5, 5.41) is 21.4. The van der Waals surface area contributed by atoms with Gasteiger partial charge in [0.2, 0.25) is 0 Å². The second kappa shape index (κ2) is 15.0. The number of aliphatic hydroxyl groups is 2. The molecule has 0 aromatic heterocycles. The lowest BCUT2D eigenvalue weighted by molar-refractivity contribution is -0.357. The molecule has 0 aliphatic carbocycles.